The zero-order valence-electron chi connectivity index (χ0n) is 10.3. The maximum atomic E-state index is 13.2. The molecule has 3 rings (SSSR count). The van der Waals surface area contributed by atoms with Crippen LogP contribution in [0.3, 0.4) is 0 Å². The maximum absolute atomic E-state index is 13.2. The fraction of sp³-hybridized carbons (Fsp3) is 0.133. The van der Waals surface area contributed by atoms with Crippen molar-refractivity contribution in [2.45, 2.75) is 6.42 Å². The summed E-state index contributed by atoms with van der Waals surface area (Å²) in [6.07, 6.45) is 0.190. The first kappa shape index (κ1) is 11.7. The number of carbonyl (C=O) groups excluding carboxylic acids is 1. The molecule has 2 aromatic rings. The fourth-order valence-electron chi connectivity index (χ4n) is 2.10. The van der Waals surface area contributed by atoms with Gasteiger partial charge in [-0.15, -0.1) is 0 Å². The highest BCUT2D eigenvalue weighted by Crippen LogP contribution is 2.35. The van der Waals surface area contributed by atoms with Gasteiger partial charge in [-0.05, 0) is 24.3 Å². The van der Waals surface area contributed by atoms with E-state index in [0.717, 1.165) is 5.56 Å². The van der Waals surface area contributed by atoms with Crippen molar-refractivity contribution >= 4 is 5.78 Å². The van der Waals surface area contributed by atoms with Crippen LogP contribution in [0.2, 0.25) is 0 Å². The van der Waals surface area contributed by atoms with Crippen LogP contribution in [0.4, 0.5) is 4.39 Å². The first-order valence-corrected chi connectivity index (χ1v) is 5.85. The van der Waals surface area contributed by atoms with Gasteiger partial charge in [0.1, 0.15) is 23.1 Å². The Morgan fingerprint density at radius 3 is 2.79 bits per heavy atom. The summed E-state index contributed by atoms with van der Waals surface area (Å²) in [5.41, 5.74) is 1.04. The number of benzene rings is 2. The number of Topliss-reactive ketones (excluding diaryl/α,β-unsaturated/α-hetero) is 1. The minimum atomic E-state index is -0.445. The van der Waals surface area contributed by atoms with E-state index in [2.05, 4.69) is 0 Å². The summed E-state index contributed by atoms with van der Waals surface area (Å²) in [5, 5.41) is 0. The van der Waals surface area contributed by atoms with Gasteiger partial charge in [-0.2, -0.15) is 0 Å². The first-order chi connectivity index (χ1) is 9.17. The van der Waals surface area contributed by atoms with E-state index in [1.807, 2.05) is 0 Å². The number of hydrogen-bond acceptors (Lipinski definition) is 3. The number of halogens is 1. The summed E-state index contributed by atoms with van der Waals surface area (Å²) in [4.78, 5) is 12.1. The Morgan fingerprint density at radius 1 is 1.16 bits per heavy atom. The molecule has 0 saturated carbocycles. The van der Waals surface area contributed by atoms with Gasteiger partial charge >= 0.3 is 0 Å². The van der Waals surface area contributed by atoms with Gasteiger partial charge in [-0.25, -0.2) is 4.39 Å². The Bertz CT molecular complexity index is 664. The summed E-state index contributed by atoms with van der Waals surface area (Å²) in [5.74, 6) is 0.992. The van der Waals surface area contributed by atoms with E-state index >= 15 is 0 Å². The lowest BCUT2D eigenvalue weighted by molar-refractivity contribution is 0.0993. The van der Waals surface area contributed by atoms with Gasteiger partial charge in [0.2, 0.25) is 0 Å². The zero-order valence-corrected chi connectivity index (χ0v) is 10.3. The lowest BCUT2D eigenvalue weighted by atomic mass is 10.0. The van der Waals surface area contributed by atoms with Gasteiger partial charge in [-0.1, -0.05) is 6.07 Å². The Balaban J connectivity index is 2.13. The number of rotatable bonds is 1. The van der Waals surface area contributed by atoms with Gasteiger partial charge in [0, 0.05) is 18.1 Å². The summed E-state index contributed by atoms with van der Waals surface area (Å²) in [6.45, 7) is 0. The minimum absolute atomic E-state index is 0.154. The Labute approximate surface area is 109 Å². The molecule has 0 fully saturated rings. The second-order valence-corrected chi connectivity index (χ2v) is 4.32. The molecule has 19 heavy (non-hydrogen) atoms. The minimum Gasteiger partial charge on any atom is -0.497 e. The van der Waals surface area contributed by atoms with Crippen LogP contribution in [0.5, 0.6) is 17.2 Å². The van der Waals surface area contributed by atoms with E-state index in [0.29, 0.717) is 17.2 Å². The number of fused-ring (bicyclic) bond motifs is 2. The quantitative estimate of drug-likeness (QED) is 0.786. The highest BCUT2D eigenvalue weighted by Gasteiger charge is 2.22. The van der Waals surface area contributed by atoms with Gasteiger partial charge in [0.15, 0.2) is 5.78 Å². The molecular weight excluding hydrogens is 247 g/mol. The Kier molecular flexibility index (Phi) is 2.71. The van der Waals surface area contributed by atoms with Gasteiger partial charge in [0.05, 0.1) is 12.7 Å². The molecule has 0 atom stereocenters. The molecule has 0 saturated heterocycles. The average Bonchev–Trinajstić information content (AvgIpc) is 2.54. The van der Waals surface area contributed by atoms with E-state index in [1.54, 1.807) is 25.3 Å². The van der Waals surface area contributed by atoms with E-state index in [1.165, 1.54) is 18.2 Å². The second-order valence-electron chi connectivity index (χ2n) is 4.32. The molecule has 0 unspecified atom stereocenters. The van der Waals surface area contributed by atoms with Crippen LogP contribution < -0.4 is 9.47 Å². The van der Waals surface area contributed by atoms with Crippen molar-refractivity contribution in [1.29, 1.82) is 0 Å². The first-order valence-electron chi connectivity index (χ1n) is 5.85. The predicted molar refractivity (Wildman–Crippen MR) is 67.5 cm³/mol. The molecular formula is C15H11FO3. The number of carbonyl (C=O) groups is 1. The lowest BCUT2D eigenvalue weighted by Crippen LogP contribution is -2.02. The molecule has 0 aliphatic carbocycles. The Hall–Kier alpha value is -2.36. The van der Waals surface area contributed by atoms with E-state index in [4.69, 9.17) is 9.47 Å². The summed E-state index contributed by atoms with van der Waals surface area (Å²) in [7, 11) is 1.56. The number of ether oxygens (including phenoxy) is 2. The summed E-state index contributed by atoms with van der Waals surface area (Å²) < 4.78 is 24.1. The zero-order chi connectivity index (χ0) is 13.4. The van der Waals surface area contributed by atoms with Gasteiger partial charge in [0.25, 0.3) is 0 Å². The van der Waals surface area contributed by atoms with Crippen LogP contribution in [-0.4, -0.2) is 12.9 Å². The van der Waals surface area contributed by atoms with Crippen LogP contribution >= 0.6 is 0 Å². The smallest absolute Gasteiger partial charge is 0.171 e. The highest BCUT2D eigenvalue weighted by molar-refractivity contribution is 6.01. The van der Waals surface area contributed by atoms with Crippen molar-refractivity contribution in [2.75, 3.05) is 7.11 Å². The van der Waals surface area contributed by atoms with Crippen molar-refractivity contribution in [3.8, 4) is 17.2 Å². The topological polar surface area (TPSA) is 35.5 Å². The van der Waals surface area contributed by atoms with Crippen LogP contribution in [0.15, 0.2) is 36.4 Å². The van der Waals surface area contributed by atoms with E-state index in [-0.39, 0.29) is 17.8 Å². The molecule has 0 radical (unpaired) electrons. The number of methoxy groups -OCH3 is 1. The summed E-state index contributed by atoms with van der Waals surface area (Å²) in [6, 6.07) is 9.23. The van der Waals surface area contributed by atoms with E-state index < -0.39 is 5.82 Å². The molecule has 1 aliphatic heterocycles. The molecule has 0 aromatic heterocycles. The molecule has 1 heterocycles. The molecule has 0 spiro atoms. The molecule has 0 N–H and O–H groups in total. The molecule has 96 valence electrons. The molecule has 3 nitrogen and oxygen atoms in total. The van der Waals surface area contributed by atoms with Crippen LogP contribution in [0.1, 0.15) is 15.9 Å². The van der Waals surface area contributed by atoms with Crippen molar-refractivity contribution < 1.29 is 18.7 Å². The number of hydrogen-bond donors (Lipinski definition) is 0. The molecule has 4 heteroatoms. The standard InChI is InChI=1S/C15H11FO3/c1-18-11-4-2-9-6-13(17)12-7-10(16)3-5-14(12)19-15(9)8-11/h2-5,7-8H,6H2,1H3. The van der Waals surface area contributed by atoms with Crippen LogP contribution in [0.25, 0.3) is 0 Å². The third-order valence-corrected chi connectivity index (χ3v) is 3.09. The van der Waals surface area contributed by atoms with Crippen molar-refractivity contribution in [3.05, 3.63) is 53.3 Å². The van der Waals surface area contributed by atoms with Crippen LogP contribution in [0, 0.1) is 5.82 Å². The van der Waals surface area contributed by atoms with Crippen LogP contribution in [-0.2, 0) is 6.42 Å². The SMILES string of the molecule is COc1ccc2c(c1)Oc1ccc(F)cc1C(=O)C2. The number of ketones is 1. The maximum Gasteiger partial charge on any atom is 0.171 e. The Morgan fingerprint density at radius 2 is 2.00 bits per heavy atom. The lowest BCUT2D eigenvalue weighted by Gasteiger charge is -2.09. The van der Waals surface area contributed by atoms with Gasteiger partial charge in [-0.3, -0.25) is 4.79 Å². The average molecular weight is 258 g/mol. The van der Waals surface area contributed by atoms with E-state index in [9.17, 15) is 9.18 Å². The molecule has 1 aliphatic rings. The van der Waals surface area contributed by atoms with Crippen molar-refractivity contribution in [1.82, 2.24) is 0 Å². The monoisotopic (exact) mass is 258 g/mol. The summed E-state index contributed by atoms with van der Waals surface area (Å²) >= 11 is 0. The third-order valence-electron chi connectivity index (χ3n) is 3.09. The third kappa shape index (κ3) is 2.05. The second kappa shape index (κ2) is 4.39. The molecule has 0 bridgehead atoms. The fourth-order valence-corrected chi connectivity index (χ4v) is 2.10. The van der Waals surface area contributed by atoms with Crippen molar-refractivity contribution in [2.24, 2.45) is 0 Å². The molecule has 0 amide bonds. The highest BCUT2D eigenvalue weighted by atomic mass is 19.1. The largest absolute Gasteiger partial charge is 0.497 e. The normalized spacial score (nSPS) is 13.1. The predicted octanol–water partition coefficient (Wildman–Crippen LogP) is 3.37. The molecule has 2 aromatic carbocycles. The van der Waals surface area contributed by atoms with Crippen molar-refractivity contribution in [3.63, 3.8) is 0 Å². The van der Waals surface area contributed by atoms with Gasteiger partial charge < -0.3 is 9.47 Å².